The second kappa shape index (κ2) is 7.83. The third-order valence-corrected chi connectivity index (χ3v) is 2.87. The molecule has 0 spiro atoms. The lowest BCUT2D eigenvalue weighted by Gasteiger charge is -2.01. The van der Waals surface area contributed by atoms with Crippen LogP contribution in [0.5, 0.6) is 0 Å². The second-order valence-electron chi connectivity index (χ2n) is 4.63. The maximum Gasteiger partial charge on any atom is 0.129 e. The first kappa shape index (κ1) is 13.7. The van der Waals surface area contributed by atoms with E-state index in [4.69, 9.17) is 0 Å². The first-order chi connectivity index (χ1) is 8.18. The van der Waals surface area contributed by atoms with Crippen molar-refractivity contribution < 1.29 is 4.79 Å². The van der Waals surface area contributed by atoms with Gasteiger partial charge >= 0.3 is 0 Å². The quantitative estimate of drug-likeness (QED) is 0.637. The molecule has 0 amide bonds. The fraction of sp³-hybridized carbons (Fsp3) is 0.438. The van der Waals surface area contributed by atoms with Crippen LogP contribution in [0.1, 0.15) is 45.1 Å². The smallest absolute Gasteiger partial charge is 0.129 e. The van der Waals surface area contributed by atoms with Crippen LogP contribution in [-0.4, -0.2) is 5.78 Å². The minimum absolute atomic E-state index is 0.294. The first-order valence-electron chi connectivity index (χ1n) is 6.37. The highest BCUT2D eigenvalue weighted by Gasteiger charge is 1.95. The molecule has 0 aliphatic carbocycles. The number of aryl methyl sites for hydroxylation is 1. The molecule has 1 rings (SSSR count). The van der Waals surface area contributed by atoms with Crippen molar-refractivity contribution in [2.24, 2.45) is 0 Å². The number of Topliss-reactive ketones (excluding diaryl/α,β-unsaturated/α-hetero) is 1. The molecule has 0 saturated heterocycles. The van der Waals surface area contributed by atoms with Gasteiger partial charge in [-0.25, -0.2) is 0 Å². The summed E-state index contributed by atoms with van der Waals surface area (Å²) in [6.07, 6.45) is 7.25. The van der Waals surface area contributed by atoms with Crippen molar-refractivity contribution in [3.63, 3.8) is 0 Å². The van der Waals surface area contributed by atoms with Crippen molar-refractivity contribution in [2.45, 2.75) is 46.0 Å². The van der Waals surface area contributed by atoms with Crippen molar-refractivity contribution in [3.8, 4) is 0 Å². The van der Waals surface area contributed by atoms with Crippen molar-refractivity contribution in [3.05, 3.63) is 47.5 Å². The number of carbonyl (C=O) groups is 1. The highest BCUT2D eigenvalue weighted by atomic mass is 16.1. The minimum Gasteiger partial charge on any atom is -0.300 e. The number of hydrogen-bond donors (Lipinski definition) is 0. The molecule has 1 aromatic rings. The third kappa shape index (κ3) is 6.72. The summed E-state index contributed by atoms with van der Waals surface area (Å²) in [6, 6.07) is 10.5. The summed E-state index contributed by atoms with van der Waals surface area (Å²) in [5, 5.41) is 0. The van der Waals surface area contributed by atoms with Crippen LogP contribution in [0, 0.1) is 0 Å². The molecule has 1 heteroatoms. The molecule has 0 saturated carbocycles. The van der Waals surface area contributed by atoms with E-state index in [1.54, 1.807) is 6.92 Å². The van der Waals surface area contributed by atoms with E-state index in [1.165, 1.54) is 11.1 Å². The summed E-state index contributed by atoms with van der Waals surface area (Å²) in [5.41, 5.74) is 2.79. The minimum atomic E-state index is 0.294. The largest absolute Gasteiger partial charge is 0.300 e. The Bertz CT molecular complexity index is 362. The Morgan fingerprint density at radius 3 is 2.47 bits per heavy atom. The third-order valence-electron chi connectivity index (χ3n) is 2.87. The highest BCUT2D eigenvalue weighted by Crippen LogP contribution is 2.10. The summed E-state index contributed by atoms with van der Waals surface area (Å²) in [6.45, 7) is 3.82. The zero-order valence-electron chi connectivity index (χ0n) is 10.9. The van der Waals surface area contributed by atoms with Gasteiger partial charge in [0.25, 0.3) is 0 Å². The van der Waals surface area contributed by atoms with Gasteiger partial charge in [-0.3, -0.25) is 0 Å². The van der Waals surface area contributed by atoms with Crippen LogP contribution in [0.2, 0.25) is 0 Å². The average molecular weight is 230 g/mol. The zero-order valence-corrected chi connectivity index (χ0v) is 10.9. The van der Waals surface area contributed by atoms with E-state index in [-0.39, 0.29) is 0 Å². The topological polar surface area (TPSA) is 17.1 Å². The number of allylic oxidation sites excluding steroid dienone is 2. The monoisotopic (exact) mass is 230 g/mol. The molecule has 0 aliphatic rings. The van der Waals surface area contributed by atoms with E-state index in [0.29, 0.717) is 12.2 Å². The molecular formula is C16H22O. The van der Waals surface area contributed by atoms with Crippen LogP contribution in [0.15, 0.2) is 42.0 Å². The standard InChI is InChI=1S/C16H22O/c1-14(8-6-10-15(2)17)9-7-13-16-11-4-3-5-12-16/h3-5,9,11-12H,6-8,10,13H2,1-2H3/b14-9+. The Morgan fingerprint density at radius 2 is 1.82 bits per heavy atom. The Labute approximate surface area is 105 Å². The molecule has 92 valence electrons. The normalized spacial score (nSPS) is 11.5. The van der Waals surface area contributed by atoms with Gasteiger partial charge in [0.1, 0.15) is 5.78 Å². The molecule has 0 aromatic heterocycles. The van der Waals surface area contributed by atoms with Gasteiger partial charge in [-0.05, 0) is 45.1 Å². The SMILES string of the molecule is CC(=O)CCC/C(C)=C/CCc1ccccc1. The molecule has 0 atom stereocenters. The Morgan fingerprint density at radius 1 is 1.12 bits per heavy atom. The Balaban J connectivity index is 2.22. The van der Waals surface area contributed by atoms with Gasteiger partial charge in [0, 0.05) is 6.42 Å². The lowest BCUT2D eigenvalue weighted by atomic mass is 10.0. The maximum atomic E-state index is 10.8. The van der Waals surface area contributed by atoms with E-state index in [1.807, 2.05) is 6.07 Å². The maximum absolute atomic E-state index is 10.8. The average Bonchev–Trinajstić information content (AvgIpc) is 2.30. The Kier molecular flexibility index (Phi) is 6.31. The van der Waals surface area contributed by atoms with Crippen molar-refractivity contribution in [1.82, 2.24) is 0 Å². The van der Waals surface area contributed by atoms with Gasteiger partial charge in [0.2, 0.25) is 0 Å². The number of ketones is 1. The molecule has 0 heterocycles. The van der Waals surface area contributed by atoms with Gasteiger partial charge in [0.15, 0.2) is 0 Å². The summed E-state index contributed by atoms with van der Waals surface area (Å²) >= 11 is 0. The summed E-state index contributed by atoms with van der Waals surface area (Å²) < 4.78 is 0. The lowest BCUT2D eigenvalue weighted by molar-refractivity contribution is -0.117. The fourth-order valence-electron chi connectivity index (χ4n) is 1.85. The predicted molar refractivity (Wildman–Crippen MR) is 73.1 cm³/mol. The van der Waals surface area contributed by atoms with Crippen LogP contribution in [0.25, 0.3) is 0 Å². The highest BCUT2D eigenvalue weighted by molar-refractivity contribution is 5.75. The summed E-state index contributed by atoms with van der Waals surface area (Å²) in [4.78, 5) is 10.8. The molecular weight excluding hydrogens is 208 g/mol. The molecule has 1 aromatic carbocycles. The lowest BCUT2D eigenvalue weighted by Crippen LogP contribution is -1.90. The number of carbonyl (C=O) groups excluding carboxylic acids is 1. The van der Waals surface area contributed by atoms with E-state index in [0.717, 1.165) is 25.7 Å². The number of rotatable bonds is 7. The number of hydrogen-bond acceptors (Lipinski definition) is 1. The molecule has 17 heavy (non-hydrogen) atoms. The van der Waals surface area contributed by atoms with Crippen LogP contribution in [0.3, 0.4) is 0 Å². The van der Waals surface area contributed by atoms with Crippen LogP contribution < -0.4 is 0 Å². The molecule has 0 aliphatic heterocycles. The zero-order chi connectivity index (χ0) is 12.5. The molecule has 0 radical (unpaired) electrons. The molecule has 0 bridgehead atoms. The van der Waals surface area contributed by atoms with Gasteiger partial charge in [-0.2, -0.15) is 0 Å². The van der Waals surface area contributed by atoms with Gasteiger partial charge in [-0.15, -0.1) is 0 Å². The molecule has 1 nitrogen and oxygen atoms in total. The van der Waals surface area contributed by atoms with Crippen molar-refractivity contribution in [2.75, 3.05) is 0 Å². The van der Waals surface area contributed by atoms with Crippen LogP contribution in [-0.2, 0) is 11.2 Å². The summed E-state index contributed by atoms with van der Waals surface area (Å²) in [5.74, 6) is 0.294. The molecule has 0 N–H and O–H groups in total. The van der Waals surface area contributed by atoms with Gasteiger partial charge in [-0.1, -0.05) is 42.0 Å². The van der Waals surface area contributed by atoms with Crippen LogP contribution in [0.4, 0.5) is 0 Å². The fourth-order valence-corrected chi connectivity index (χ4v) is 1.85. The number of benzene rings is 1. The first-order valence-corrected chi connectivity index (χ1v) is 6.37. The van der Waals surface area contributed by atoms with Crippen LogP contribution >= 0.6 is 0 Å². The second-order valence-corrected chi connectivity index (χ2v) is 4.63. The van der Waals surface area contributed by atoms with Crippen molar-refractivity contribution >= 4 is 5.78 Å². The van der Waals surface area contributed by atoms with E-state index >= 15 is 0 Å². The predicted octanol–water partition coefficient (Wildman–Crippen LogP) is 4.32. The van der Waals surface area contributed by atoms with Gasteiger partial charge < -0.3 is 4.79 Å². The Hall–Kier alpha value is -1.37. The van der Waals surface area contributed by atoms with E-state index in [9.17, 15) is 4.79 Å². The molecule has 0 fully saturated rings. The molecule has 0 unspecified atom stereocenters. The van der Waals surface area contributed by atoms with Gasteiger partial charge in [0.05, 0.1) is 0 Å². The van der Waals surface area contributed by atoms with E-state index in [2.05, 4.69) is 37.3 Å². The van der Waals surface area contributed by atoms with Crippen molar-refractivity contribution in [1.29, 1.82) is 0 Å². The summed E-state index contributed by atoms with van der Waals surface area (Å²) in [7, 11) is 0. The van der Waals surface area contributed by atoms with E-state index < -0.39 is 0 Å².